The molecule has 0 saturated heterocycles. The number of benzene rings is 2. The molecule has 0 bridgehead atoms. The Labute approximate surface area is 133 Å². The van der Waals surface area contributed by atoms with E-state index < -0.39 is 11.7 Å². The zero-order chi connectivity index (χ0) is 16.8. The molecule has 0 heterocycles. The van der Waals surface area contributed by atoms with Crippen molar-refractivity contribution in [3.8, 4) is 0 Å². The Morgan fingerprint density at radius 1 is 1.13 bits per heavy atom. The number of aryl methyl sites for hydroxylation is 1. The van der Waals surface area contributed by atoms with E-state index in [-0.39, 0.29) is 24.4 Å². The molecule has 0 unspecified atom stereocenters. The highest BCUT2D eigenvalue weighted by Gasteiger charge is 2.12. The molecule has 0 saturated carbocycles. The van der Waals surface area contributed by atoms with Gasteiger partial charge in [-0.05, 0) is 36.8 Å². The monoisotopic (exact) mass is 315 g/mol. The molecule has 6 heteroatoms. The lowest BCUT2D eigenvalue weighted by molar-refractivity contribution is -0.116. The normalized spacial score (nSPS) is 10.2. The Balaban J connectivity index is 2.17. The van der Waals surface area contributed by atoms with Crippen molar-refractivity contribution in [1.82, 2.24) is 0 Å². The molecule has 0 aliphatic rings. The summed E-state index contributed by atoms with van der Waals surface area (Å²) < 4.78 is 13.6. The first-order chi connectivity index (χ1) is 11.0. The first-order valence-electron chi connectivity index (χ1n) is 7.17. The van der Waals surface area contributed by atoms with Crippen molar-refractivity contribution >= 4 is 23.2 Å². The number of hydrogen-bond donors (Lipinski definition) is 3. The lowest BCUT2D eigenvalue weighted by Crippen LogP contribution is -2.17. The summed E-state index contributed by atoms with van der Waals surface area (Å²) in [6.07, 6.45) is 0.213. The number of nitrogens with one attached hydrogen (secondary N) is 2. The van der Waals surface area contributed by atoms with Gasteiger partial charge in [-0.25, -0.2) is 4.39 Å². The number of amides is 2. The summed E-state index contributed by atoms with van der Waals surface area (Å²) in [6.45, 7) is 2.07. The lowest BCUT2D eigenvalue weighted by Gasteiger charge is -2.12. The molecule has 0 radical (unpaired) electrons. The molecule has 4 N–H and O–H groups in total. The van der Waals surface area contributed by atoms with Crippen LogP contribution < -0.4 is 16.4 Å². The fraction of sp³-hybridized carbons (Fsp3) is 0.176. The molecule has 0 aromatic heterocycles. The Kier molecular flexibility index (Phi) is 5.43. The van der Waals surface area contributed by atoms with Crippen molar-refractivity contribution in [1.29, 1.82) is 0 Å². The highest BCUT2D eigenvalue weighted by molar-refractivity contribution is 6.05. The number of anilines is 2. The molecule has 2 amide bonds. The number of hydrogen-bond acceptors (Lipinski definition) is 3. The fourth-order valence-electron chi connectivity index (χ4n) is 2.02. The molecule has 0 atom stereocenters. The smallest absolute Gasteiger partial charge is 0.258 e. The van der Waals surface area contributed by atoms with Crippen molar-refractivity contribution in [2.24, 2.45) is 5.73 Å². The van der Waals surface area contributed by atoms with Crippen LogP contribution in [0.5, 0.6) is 0 Å². The standard InChI is InChI=1S/C17H18FN3O2/c1-11-6-7-12(20-16(22)8-9-19)10-15(11)21-17(23)13-4-2-3-5-14(13)18/h2-7,10H,8-9,19H2,1H3,(H,20,22)(H,21,23). The average Bonchev–Trinajstić information content (AvgIpc) is 2.51. The molecular formula is C17H18FN3O2. The first-order valence-corrected chi connectivity index (χ1v) is 7.17. The topological polar surface area (TPSA) is 84.2 Å². The zero-order valence-electron chi connectivity index (χ0n) is 12.7. The van der Waals surface area contributed by atoms with Crippen LogP contribution in [-0.4, -0.2) is 18.4 Å². The zero-order valence-corrected chi connectivity index (χ0v) is 12.7. The van der Waals surface area contributed by atoms with Crippen LogP contribution in [0.1, 0.15) is 22.3 Å². The van der Waals surface area contributed by atoms with Gasteiger partial charge in [-0.3, -0.25) is 9.59 Å². The minimum Gasteiger partial charge on any atom is -0.330 e. The molecule has 2 aromatic carbocycles. The Morgan fingerprint density at radius 2 is 1.87 bits per heavy atom. The van der Waals surface area contributed by atoms with Gasteiger partial charge in [0.25, 0.3) is 5.91 Å². The van der Waals surface area contributed by atoms with Crippen LogP contribution in [0.25, 0.3) is 0 Å². The molecule has 2 rings (SSSR count). The van der Waals surface area contributed by atoms with E-state index in [1.165, 1.54) is 18.2 Å². The van der Waals surface area contributed by atoms with Gasteiger partial charge in [0.2, 0.25) is 5.91 Å². The predicted octanol–water partition coefficient (Wildman–Crippen LogP) is 2.67. The summed E-state index contributed by atoms with van der Waals surface area (Å²) in [5.41, 5.74) is 7.13. The Bertz CT molecular complexity index is 732. The van der Waals surface area contributed by atoms with Crippen LogP contribution in [-0.2, 0) is 4.79 Å². The van der Waals surface area contributed by atoms with Gasteiger partial charge < -0.3 is 16.4 Å². The molecular weight excluding hydrogens is 297 g/mol. The van der Waals surface area contributed by atoms with Crippen LogP contribution >= 0.6 is 0 Å². The van der Waals surface area contributed by atoms with Crippen molar-refractivity contribution < 1.29 is 14.0 Å². The molecule has 5 nitrogen and oxygen atoms in total. The van der Waals surface area contributed by atoms with Gasteiger partial charge in [0.05, 0.1) is 5.56 Å². The second-order valence-corrected chi connectivity index (χ2v) is 5.05. The third-order valence-corrected chi connectivity index (χ3v) is 3.26. The molecule has 120 valence electrons. The van der Waals surface area contributed by atoms with E-state index in [4.69, 9.17) is 5.73 Å². The summed E-state index contributed by atoms with van der Waals surface area (Å²) in [7, 11) is 0. The molecule has 0 fully saturated rings. The highest BCUT2D eigenvalue weighted by atomic mass is 19.1. The summed E-state index contributed by atoms with van der Waals surface area (Å²) in [5.74, 6) is -1.34. The van der Waals surface area contributed by atoms with Crippen LogP contribution in [0.3, 0.4) is 0 Å². The van der Waals surface area contributed by atoms with Crippen LogP contribution in [0.2, 0.25) is 0 Å². The van der Waals surface area contributed by atoms with Gasteiger partial charge in [0, 0.05) is 24.3 Å². The second kappa shape index (κ2) is 7.51. The van der Waals surface area contributed by atoms with E-state index in [1.807, 2.05) is 6.92 Å². The van der Waals surface area contributed by atoms with E-state index in [1.54, 1.807) is 24.3 Å². The lowest BCUT2D eigenvalue weighted by atomic mass is 10.1. The van der Waals surface area contributed by atoms with E-state index in [0.29, 0.717) is 11.4 Å². The summed E-state index contributed by atoms with van der Waals surface area (Å²) in [6, 6.07) is 10.9. The van der Waals surface area contributed by atoms with Gasteiger partial charge in [0.1, 0.15) is 5.82 Å². The maximum Gasteiger partial charge on any atom is 0.258 e. The second-order valence-electron chi connectivity index (χ2n) is 5.05. The largest absolute Gasteiger partial charge is 0.330 e. The van der Waals surface area contributed by atoms with Crippen LogP contribution in [0.15, 0.2) is 42.5 Å². The van der Waals surface area contributed by atoms with E-state index in [2.05, 4.69) is 10.6 Å². The van der Waals surface area contributed by atoms with Crippen LogP contribution in [0, 0.1) is 12.7 Å². The van der Waals surface area contributed by atoms with Crippen LogP contribution in [0.4, 0.5) is 15.8 Å². The average molecular weight is 315 g/mol. The van der Waals surface area contributed by atoms with Gasteiger partial charge >= 0.3 is 0 Å². The molecule has 23 heavy (non-hydrogen) atoms. The number of nitrogens with two attached hydrogens (primary N) is 1. The van der Waals surface area contributed by atoms with Gasteiger partial charge in [0.15, 0.2) is 0 Å². The third-order valence-electron chi connectivity index (χ3n) is 3.26. The minimum absolute atomic E-state index is 0.0375. The minimum atomic E-state index is -0.588. The van der Waals surface area contributed by atoms with Crippen molar-refractivity contribution in [3.63, 3.8) is 0 Å². The summed E-state index contributed by atoms with van der Waals surface area (Å²) >= 11 is 0. The van der Waals surface area contributed by atoms with Crippen molar-refractivity contribution in [2.75, 3.05) is 17.2 Å². The van der Waals surface area contributed by atoms with E-state index in [9.17, 15) is 14.0 Å². The van der Waals surface area contributed by atoms with Gasteiger partial charge in [-0.15, -0.1) is 0 Å². The third kappa shape index (κ3) is 4.37. The number of carbonyl (C=O) groups excluding carboxylic acids is 2. The highest BCUT2D eigenvalue weighted by Crippen LogP contribution is 2.21. The molecule has 0 spiro atoms. The summed E-state index contributed by atoms with van der Waals surface area (Å²) in [4.78, 5) is 23.7. The molecule has 0 aliphatic heterocycles. The number of rotatable bonds is 5. The first kappa shape index (κ1) is 16.6. The maximum absolute atomic E-state index is 13.6. The number of halogens is 1. The quantitative estimate of drug-likeness (QED) is 0.793. The SMILES string of the molecule is Cc1ccc(NC(=O)CCN)cc1NC(=O)c1ccccc1F. The van der Waals surface area contributed by atoms with Gasteiger partial charge in [-0.2, -0.15) is 0 Å². The maximum atomic E-state index is 13.6. The molecule has 0 aliphatic carbocycles. The Morgan fingerprint density at radius 3 is 2.57 bits per heavy atom. The van der Waals surface area contributed by atoms with Crippen molar-refractivity contribution in [2.45, 2.75) is 13.3 Å². The van der Waals surface area contributed by atoms with E-state index >= 15 is 0 Å². The number of carbonyl (C=O) groups is 2. The Hall–Kier alpha value is -2.73. The van der Waals surface area contributed by atoms with Gasteiger partial charge in [-0.1, -0.05) is 18.2 Å². The summed E-state index contributed by atoms with van der Waals surface area (Å²) in [5, 5.41) is 5.35. The molecule has 2 aromatic rings. The fourth-order valence-corrected chi connectivity index (χ4v) is 2.02. The van der Waals surface area contributed by atoms with E-state index in [0.717, 1.165) is 5.56 Å². The predicted molar refractivity (Wildman–Crippen MR) is 87.8 cm³/mol. The van der Waals surface area contributed by atoms with Crippen molar-refractivity contribution in [3.05, 3.63) is 59.4 Å².